The Kier molecular flexibility index (Phi) is 5.93. The molecule has 1 saturated heterocycles. The van der Waals surface area contributed by atoms with Crippen molar-refractivity contribution in [2.75, 3.05) is 6.61 Å². The molecule has 4 N–H and O–H groups in total. The summed E-state index contributed by atoms with van der Waals surface area (Å²) in [6.45, 7) is 6.33. The van der Waals surface area contributed by atoms with Gasteiger partial charge in [-0.15, -0.1) is 0 Å². The Morgan fingerprint density at radius 3 is 2.45 bits per heavy atom. The number of hydrogen-bond acceptors (Lipinski definition) is 7. The summed E-state index contributed by atoms with van der Waals surface area (Å²) in [5.74, 6) is 2.13. The number of carbonyl (C=O) groups is 1. The zero-order chi connectivity index (χ0) is 23.8. The lowest BCUT2D eigenvalue weighted by Gasteiger charge is -2.63. The van der Waals surface area contributed by atoms with Crippen LogP contribution in [-0.2, 0) is 14.3 Å². The van der Waals surface area contributed by atoms with Crippen molar-refractivity contribution < 1.29 is 34.7 Å². The molecule has 4 aliphatic carbocycles. The van der Waals surface area contributed by atoms with Gasteiger partial charge >= 0.3 is 5.97 Å². The van der Waals surface area contributed by atoms with E-state index in [2.05, 4.69) is 13.8 Å². The number of fused-ring (bicyclic) bond motifs is 3. The van der Waals surface area contributed by atoms with Crippen LogP contribution in [-0.4, -0.2) is 63.7 Å². The number of hydrogen-bond donors (Lipinski definition) is 4. The van der Waals surface area contributed by atoms with E-state index >= 15 is 0 Å². The maximum Gasteiger partial charge on any atom is 0.314 e. The van der Waals surface area contributed by atoms with Crippen LogP contribution in [0.25, 0.3) is 0 Å². The van der Waals surface area contributed by atoms with Crippen LogP contribution in [0.5, 0.6) is 0 Å². The molecule has 0 aromatic carbocycles. The summed E-state index contributed by atoms with van der Waals surface area (Å²) in [5.41, 5.74) is -0.157. The Labute approximate surface area is 196 Å². The van der Waals surface area contributed by atoms with Crippen molar-refractivity contribution >= 4 is 5.97 Å². The fourth-order valence-corrected chi connectivity index (χ4v) is 9.44. The van der Waals surface area contributed by atoms with Crippen molar-refractivity contribution in [3.63, 3.8) is 0 Å². The van der Waals surface area contributed by atoms with E-state index in [4.69, 9.17) is 9.47 Å². The summed E-state index contributed by atoms with van der Waals surface area (Å²) in [4.78, 5) is 13.7. The number of rotatable bonds is 3. The lowest BCUT2D eigenvalue weighted by atomic mass is 9.41. The van der Waals surface area contributed by atoms with Crippen LogP contribution in [0, 0.1) is 39.9 Å². The van der Waals surface area contributed by atoms with Gasteiger partial charge in [0, 0.05) is 0 Å². The van der Waals surface area contributed by atoms with Crippen LogP contribution in [0.3, 0.4) is 0 Å². The van der Waals surface area contributed by atoms with Gasteiger partial charge in [0.1, 0.15) is 24.4 Å². The summed E-state index contributed by atoms with van der Waals surface area (Å²) >= 11 is 0. The van der Waals surface area contributed by atoms with E-state index in [-0.39, 0.29) is 11.3 Å². The number of aliphatic hydroxyl groups is 4. The minimum atomic E-state index is -1.56. The number of esters is 1. The van der Waals surface area contributed by atoms with Crippen molar-refractivity contribution in [2.24, 2.45) is 39.9 Å². The van der Waals surface area contributed by atoms with E-state index < -0.39 is 48.7 Å². The maximum absolute atomic E-state index is 13.7. The SMILES string of the molecule is C[C@@H]1C[C@]23CC[C@H]4C(C)(C(=O)O[C@@H]5O[C@H](CO)[C@@H](O)[C@H](O)[C@H]5O)CCC[C@]4(C)[C@H]2CC[C@@H]1C3. The molecule has 1 spiro atoms. The molecule has 1 aliphatic heterocycles. The molecule has 7 heteroatoms. The summed E-state index contributed by atoms with van der Waals surface area (Å²) < 4.78 is 11.2. The van der Waals surface area contributed by atoms with Crippen molar-refractivity contribution in [1.82, 2.24) is 0 Å². The van der Waals surface area contributed by atoms with Crippen LogP contribution in [0.2, 0.25) is 0 Å². The molecule has 7 nitrogen and oxygen atoms in total. The van der Waals surface area contributed by atoms with Gasteiger partial charge in [-0.1, -0.05) is 20.3 Å². The van der Waals surface area contributed by atoms with Crippen molar-refractivity contribution in [3.8, 4) is 0 Å². The highest BCUT2D eigenvalue weighted by Crippen LogP contribution is 2.72. The van der Waals surface area contributed by atoms with E-state index in [0.717, 1.165) is 37.5 Å². The summed E-state index contributed by atoms with van der Waals surface area (Å²) in [5, 5.41) is 40.0. The first kappa shape index (κ1) is 24.0. The molecule has 5 rings (SSSR count). The molecule has 188 valence electrons. The van der Waals surface area contributed by atoms with E-state index in [1.807, 2.05) is 6.92 Å². The zero-order valence-electron chi connectivity index (χ0n) is 20.3. The van der Waals surface area contributed by atoms with Gasteiger partial charge in [0.15, 0.2) is 0 Å². The largest absolute Gasteiger partial charge is 0.432 e. The summed E-state index contributed by atoms with van der Waals surface area (Å²) in [7, 11) is 0. The predicted octanol–water partition coefficient (Wildman–Crippen LogP) is 2.38. The Morgan fingerprint density at radius 2 is 1.73 bits per heavy atom. The molecule has 5 aliphatic rings. The second-order valence-corrected chi connectivity index (χ2v) is 12.6. The van der Waals surface area contributed by atoms with Crippen molar-refractivity contribution in [1.29, 1.82) is 0 Å². The predicted molar refractivity (Wildman–Crippen MR) is 120 cm³/mol. The van der Waals surface area contributed by atoms with Gasteiger partial charge in [0.2, 0.25) is 6.29 Å². The van der Waals surface area contributed by atoms with Crippen molar-refractivity contribution in [2.45, 2.75) is 109 Å². The van der Waals surface area contributed by atoms with Crippen LogP contribution in [0.15, 0.2) is 0 Å². The lowest BCUT2D eigenvalue weighted by Crippen LogP contribution is -2.61. The Morgan fingerprint density at radius 1 is 0.970 bits per heavy atom. The first-order chi connectivity index (χ1) is 15.6. The Hall–Kier alpha value is -0.730. The van der Waals surface area contributed by atoms with E-state index in [9.17, 15) is 25.2 Å². The number of ether oxygens (including phenoxy) is 2. The molecule has 33 heavy (non-hydrogen) atoms. The molecular formula is C26H42O7. The minimum Gasteiger partial charge on any atom is -0.432 e. The Balaban J connectivity index is 1.37. The normalized spacial score (nSPS) is 56.0. The zero-order valence-corrected chi connectivity index (χ0v) is 20.3. The van der Waals surface area contributed by atoms with E-state index in [0.29, 0.717) is 11.3 Å². The van der Waals surface area contributed by atoms with Gasteiger partial charge in [-0.2, -0.15) is 0 Å². The second kappa shape index (κ2) is 8.16. The van der Waals surface area contributed by atoms with Gasteiger partial charge in [0.05, 0.1) is 12.0 Å². The number of carbonyl (C=O) groups excluding carboxylic acids is 1. The lowest BCUT2D eigenvalue weighted by molar-refractivity contribution is -0.298. The van der Waals surface area contributed by atoms with Gasteiger partial charge in [0.25, 0.3) is 0 Å². The van der Waals surface area contributed by atoms with Crippen LogP contribution in [0.4, 0.5) is 0 Å². The third kappa shape index (κ3) is 3.44. The molecule has 0 aromatic rings. The maximum atomic E-state index is 13.7. The topological polar surface area (TPSA) is 116 Å². The highest BCUT2D eigenvalue weighted by atomic mass is 16.7. The highest BCUT2D eigenvalue weighted by Gasteiger charge is 2.66. The average molecular weight is 467 g/mol. The highest BCUT2D eigenvalue weighted by molar-refractivity contribution is 5.77. The molecule has 2 bridgehead atoms. The molecule has 0 amide bonds. The van der Waals surface area contributed by atoms with Gasteiger partial charge in [-0.25, -0.2) is 0 Å². The molecule has 0 radical (unpaired) electrons. The van der Waals surface area contributed by atoms with Crippen molar-refractivity contribution in [3.05, 3.63) is 0 Å². The molecular weight excluding hydrogens is 424 g/mol. The average Bonchev–Trinajstić information content (AvgIpc) is 3.01. The van der Waals surface area contributed by atoms with Gasteiger partial charge < -0.3 is 29.9 Å². The molecule has 12 atom stereocenters. The smallest absolute Gasteiger partial charge is 0.314 e. The van der Waals surface area contributed by atoms with Crippen LogP contribution < -0.4 is 0 Å². The van der Waals surface area contributed by atoms with Gasteiger partial charge in [-0.3, -0.25) is 4.79 Å². The Bertz CT molecular complexity index is 768. The molecule has 1 heterocycles. The molecule has 0 aromatic heterocycles. The second-order valence-electron chi connectivity index (χ2n) is 12.6. The quantitative estimate of drug-likeness (QED) is 0.472. The summed E-state index contributed by atoms with van der Waals surface area (Å²) in [6, 6.07) is 0. The molecule has 1 unspecified atom stereocenters. The standard InChI is InChI=1S/C26H42O7/c1-14-11-26-10-7-17-24(2,18(26)6-5-15(14)12-26)8-4-9-25(17,3)23(31)33-22-21(30)20(29)19(28)16(13-27)32-22/h14-22,27-30H,4-13H2,1-3H3/t14-,15-,16-,17-,18-,19-,20+,21-,22+,24+,25?,26+/m1/s1. The summed E-state index contributed by atoms with van der Waals surface area (Å²) in [6.07, 6.45) is 3.25. The molecule has 4 saturated carbocycles. The van der Waals surface area contributed by atoms with Gasteiger partial charge in [-0.05, 0) is 92.8 Å². The minimum absolute atomic E-state index is 0.0919. The molecule has 5 fully saturated rings. The number of aliphatic hydroxyl groups excluding tert-OH is 4. The van der Waals surface area contributed by atoms with Crippen LogP contribution in [0.1, 0.15) is 78.6 Å². The third-order valence-corrected chi connectivity index (χ3v) is 11.0. The van der Waals surface area contributed by atoms with E-state index in [1.54, 1.807) is 0 Å². The first-order valence-electron chi connectivity index (χ1n) is 13.1. The van der Waals surface area contributed by atoms with E-state index in [1.165, 1.54) is 32.1 Å². The third-order valence-electron chi connectivity index (χ3n) is 11.0. The monoisotopic (exact) mass is 466 g/mol. The fourth-order valence-electron chi connectivity index (χ4n) is 9.44. The fraction of sp³-hybridized carbons (Fsp3) is 0.962. The van der Waals surface area contributed by atoms with Crippen LogP contribution >= 0.6 is 0 Å². The first-order valence-corrected chi connectivity index (χ1v) is 13.1.